The highest BCUT2D eigenvalue weighted by atomic mass is 35.5. The molecule has 1 heterocycles. The van der Waals surface area contributed by atoms with Crippen molar-refractivity contribution < 1.29 is 13.9 Å². The zero-order chi connectivity index (χ0) is 16.7. The van der Waals surface area contributed by atoms with Crippen molar-refractivity contribution in [2.45, 2.75) is 49.5 Å². The number of alkyl halides is 2. The fourth-order valence-corrected chi connectivity index (χ4v) is 3.96. The Labute approximate surface area is 157 Å². The van der Waals surface area contributed by atoms with Gasteiger partial charge in [-0.2, -0.15) is 0 Å². The molecule has 0 aromatic heterocycles. The van der Waals surface area contributed by atoms with E-state index in [0.717, 1.165) is 24.8 Å². The number of nitrogens with zero attached hydrogens (tertiary/aromatic N) is 1. The number of likely N-dealkylation sites (tertiary alicyclic amines) is 1. The third-order valence-electron chi connectivity index (χ3n) is 5.40. The van der Waals surface area contributed by atoms with Gasteiger partial charge in [0.1, 0.15) is 0 Å². The molecular formula is C17H22Cl3F2NO. The van der Waals surface area contributed by atoms with Gasteiger partial charge in [0, 0.05) is 37.9 Å². The van der Waals surface area contributed by atoms with Crippen LogP contribution in [-0.4, -0.2) is 41.7 Å². The fourth-order valence-electron chi connectivity index (χ4n) is 3.66. The summed E-state index contributed by atoms with van der Waals surface area (Å²) in [6.45, 7) is 1.10. The quantitative estimate of drug-likeness (QED) is 0.774. The average molecular weight is 401 g/mol. The summed E-state index contributed by atoms with van der Waals surface area (Å²) in [6, 6.07) is 5.50. The van der Waals surface area contributed by atoms with Crippen LogP contribution < -0.4 is 0 Å². The van der Waals surface area contributed by atoms with Crippen LogP contribution in [0.15, 0.2) is 18.2 Å². The van der Waals surface area contributed by atoms with Crippen LogP contribution in [0.25, 0.3) is 0 Å². The number of halogens is 5. The molecule has 2 nitrogen and oxygen atoms in total. The first-order valence-electron chi connectivity index (χ1n) is 8.06. The lowest BCUT2D eigenvalue weighted by Gasteiger charge is -2.48. The zero-order valence-electron chi connectivity index (χ0n) is 13.3. The van der Waals surface area contributed by atoms with E-state index < -0.39 is 12.0 Å². The van der Waals surface area contributed by atoms with Gasteiger partial charge in [0.25, 0.3) is 5.92 Å². The molecule has 1 aliphatic carbocycles. The molecule has 7 heteroatoms. The van der Waals surface area contributed by atoms with Crippen molar-refractivity contribution in [1.29, 1.82) is 0 Å². The number of hydrogen-bond donors (Lipinski definition) is 1. The molecular weight excluding hydrogens is 379 g/mol. The van der Waals surface area contributed by atoms with Gasteiger partial charge in [-0.05, 0) is 30.5 Å². The Bertz CT molecular complexity index is 571. The number of hydrogen-bond acceptors (Lipinski definition) is 2. The predicted molar refractivity (Wildman–Crippen MR) is 95.9 cm³/mol. The normalized spacial score (nSPS) is 23.9. The first-order valence-corrected chi connectivity index (χ1v) is 8.82. The van der Waals surface area contributed by atoms with Crippen molar-refractivity contribution in [3.8, 4) is 0 Å². The molecule has 0 amide bonds. The average Bonchev–Trinajstić information content (AvgIpc) is 2.44. The minimum atomic E-state index is -2.56. The van der Waals surface area contributed by atoms with Crippen molar-refractivity contribution in [2.24, 2.45) is 0 Å². The largest absolute Gasteiger partial charge is 0.391 e. The molecule has 2 fully saturated rings. The van der Waals surface area contributed by atoms with Crippen LogP contribution in [0.2, 0.25) is 10.0 Å². The summed E-state index contributed by atoms with van der Waals surface area (Å²) in [6.07, 6.45) is 1.99. The molecule has 3 rings (SSSR count). The maximum Gasteiger partial charge on any atom is 0.250 e. The molecule has 2 aliphatic rings. The molecule has 0 spiro atoms. The van der Waals surface area contributed by atoms with Crippen molar-refractivity contribution >= 4 is 35.6 Å². The molecule has 1 aromatic carbocycles. The van der Waals surface area contributed by atoms with E-state index in [1.807, 2.05) is 17.0 Å². The molecule has 0 bridgehead atoms. The van der Waals surface area contributed by atoms with E-state index in [1.54, 1.807) is 6.07 Å². The minimum Gasteiger partial charge on any atom is -0.391 e. The molecule has 0 radical (unpaired) electrons. The Morgan fingerprint density at radius 3 is 2.21 bits per heavy atom. The fraction of sp³-hybridized carbons (Fsp3) is 0.647. The molecule has 1 aliphatic heterocycles. The third kappa shape index (κ3) is 3.99. The van der Waals surface area contributed by atoms with E-state index in [9.17, 15) is 13.9 Å². The number of aliphatic hydroxyl groups is 1. The van der Waals surface area contributed by atoms with E-state index in [-0.39, 0.29) is 30.7 Å². The molecule has 1 atom stereocenters. The number of piperidine rings is 1. The van der Waals surface area contributed by atoms with Gasteiger partial charge in [0.15, 0.2) is 0 Å². The molecule has 24 heavy (non-hydrogen) atoms. The monoisotopic (exact) mass is 399 g/mol. The highest BCUT2D eigenvalue weighted by Gasteiger charge is 2.46. The van der Waals surface area contributed by atoms with E-state index >= 15 is 0 Å². The smallest absolute Gasteiger partial charge is 0.250 e. The van der Waals surface area contributed by atoms with Gasteiger partial charge in [-0.25, -0.2) is 8.78 Å². The summed E-state index contributed by atoms with van der Waals surface area (Å²) in [5.74, 6) is -2.56. The van der Waals surface area contributed by atoms with Gasteiger partial charge >= 0.3 is 0 Å². The van der Waals surface area contributed by atoms with E-state index in [1.165, 1.54) is 0 Å². The predicted octanol–water partition coefficient (Wildman–Crippen LogP) is 4.93. The topological polar surface area (TPSA) is 23.5 Å². The number of rotatable bonds is 4. The molecule has 1 saturated carbocycles. The summed E-state index contributed by atoms with van der Waals surface area (Å²) in [7, 11) is 0. The lowest BCUT2D eigenvalue weighted by atomic mass is 9.61. The van der Waals surface area contributed by atoms with Crippen LogP contribution in [0.3, 0.4) is 0 Å². The number of benzene rings is 1. The van der Waals surface area contributed by atoms with Crippen molar-refractivity contribution in [2.75, 3.05) is 19.6 Å². The van der Waals surface area contributed by atoms with Crippen LogP contribution in [-0.2, 0) is 5.41 Å². The van der Waals surface area contributed by atoms with E-state index in [0.29, 0.717) is 29.7 Å². The second-order valence-corrected chi connectivity index (χ2v) is 7.63. The Morgan fingerprint density at radius 2 is 1.71 bits per heavy atom. The highest BCUT2D eigenvalue weighted by molar-refractivity contribution is 6.42. The van der Waals surface area contributed by atoms with Gasteiger partial charge in [-0.15, -0.1) is 12.4 Å². The third-order valence-corrected chi connectivity index (χ3v) is 6.14. The summed E-state index contributed by atoms with van der Waals surface area (Å²) < 4.78 is 26.5. The number of β-amino-alcohol motifs (C(OH)–C–C–N with tert-alkyl or cyclic N) is 1. The van der Waals surface area contributed by atoms with Crippen LogP contribution in [0.5, 0.6) is 0 Å². The molecule has 1 saturated heterocycles. The maximum absolute atomic E-state index is 13.3. The summed E-state index contributed by atoms with van der Waals surface area (Å²) in [4.78, 5) is 1.94. The standard InChI is InChI=1S/C17H21Cl2F2NO.ClH/c18-13-3-2-12(10-14(13)19)16(4-1-5-16)15(23)11-22-8-6-17(20,21)7-9-22;/h2-3,10,15,23H,1,4-9,11H2;1H. The van der Waals surface area contributed by atoms with Crippen molar-refractivity contribution in [3.63, 3.8) is 0 Å². The minimum absolute atomic E-state index is 0. The molecule has 1 aromatic rings. The summed E-state index contributed by atoms with van der Waals surface area (Å²) >= 11 is 12.1. The summed E-state index contributed by atoms with van der Waals surface area (Å²) in [5, 5.41) is 11.8. The summed E-state index contributed by atoms with van der Waals surface area (Å²) in [5.41, 5.74) is 0.668. The lowest BCUT2D eigenvalue weighted by Crippen LogP contribution is -2.52. The SMILES string of the molecule is Cl.OC(CN1CCC(F)(F)CC1)C1(c2ccc(Cl)c(Cl)c2)CCC1. The Morgan fingerprint density at radius 1 is 1.08 bits per heavy atom. The van der Waals surface area contributed by atoms with Gasteiger partial charge in [-0.1, -0.05) is 35.7 Å². The van der Waals surface area contributed by atoms with Gasteiger partial charge in [0.05, 0.1) is 16.1 Å². The zero-order valence-corrected chi connectivity index (χ0v) is 15.6. The van der Waals surface area contributed by atoms with E-state index in [4.69, 9.17) is 23.2 Å². The Kier molecular flexibility index (Phi) is 6.41. The van der Waals surface area contributed by atoms with Crippen LogP contribution in [0.4, 0.5) is 8.78 Å². The second-order valence-electron chi connectivity index (χ2n) is 6.81. The van der Waals surface area contributed by atoms with Gasteiger partial charge in [-0.3, -0.25) is 0 Å². The molecule has 1 N–H and O–H groups in total. The van der Waals surface area contributed by atoms with E-state index in [2.05, 4.69) is 0 Å². The van der Waals surface area contributed by atoms with Gasteiger partial charge < -0.3 is 10.0 Å². The Hall–Kier alpha value is -0.130. The molecule has 136 valence electrons. The van der Waals surface area contributed by atoms with Crippen molar-refractivity contribution in [3.05, 3.63) is 33.8 Å². The van der Waals surface area contributed by atoms with Crippen molar-refractivity contribution in [1.82, 2.24) is 4.90 Å². The Balaban J connectivity index is 0.00000208. The maximum atomic E-state index is 13.3. The van der Waals surface area contributed by atoms with Crippen LogP contribution in [0.1, 0.15) is 37.7 Å². The number of aliphatic hydroxyl groups excluding tert-OH is 1. The van der Waals surface area contributed by atoms with Crippen LogP contribution >= 0.6 is 35.6 Å². The van der Waals surface area contributed by atoms with Gasteiger partial charge in [0.2, 0.25) is 0 Å². The van der Waals surface area contributed by atoms with Crippen LogP contribution in [0, 0.1) is 0 Å². The second kappa shape index (κ2) is 7.63. The highest BCUT2D eigenvalue weighted by Crippen LogP contribution is 2.48. The molecule has 1 unspecified atom stereocenters. The first kappa shape index (κ1) is 20.2. The lowest BCUT2D eigenvalue weighted by molar-refractivity contribution is -0.0704. The first-order chi connectivity index (χ1) is 10.8.